The Morgan fingerprint density at radius 1 is 1.36 bits per heavy atom. The molecule has 0 saturated heterocycles. The Balaban J connectivity index is 2.60. The molecule has 0 radical (unpaired) electrons. The zero-order chi connectivity index (χ0) is 10.1. The first-order valence-electron chi connectivity index (χ1n) is 3.87. The molecule has 0 bridgehead atoms. The SMILES string of the molecule is Fc1cc(Cl)c(I)cc1-c1ccco1. The summed E-state index contributed by atoms with van der Waals surface area (Å²) in [7, 11) is 0. The smallest absolute Gasteiger partial charge is 0.136 e. The van der Waals surface area contributed by atoms with Crippen LogP contribution >= 0.6 is 34.2 Å². The zero-order valence-corrected chi connectivity index (χ0v) is 9.84. The van der Waals surface area contributed by atoms with E-state index in [2.05, 4.69) is 22.6 Å². The van der Waals surface area contributed by atoms with Crippen LogP contribution in [0.15, 0.2) is 34.9 Å². The van der Waals surface area contributed by atoms with Gasteiger partial charge in [-0.3, -0.25) is 0 Å². The standard InChI is InChI=1S/C10H5ClFIO/c11-7-5-8(12)6(4-9(7)13)10-2-1-3-14-10/h1-5H. The summed E-state index contributed by atoms with van der Waals surface area (Å²) in [5.74, 6) is 0.141. The molecular formula is C10H5ClFIO. The fraction of sp³-hybridized carbons (Fsp3) is 0. The molecule has 0 unspecified atom stereocenters. The molecule has 1 nitrogen and oxygen atoms in total. The van der Waals surface area contributed by atoms with Crippen molar-refractivity contribution in [2.75, 3.05) is 0 Å². The summed E-state index contributed by atoms with van der Waals surface area (Å²) in [6.45, 7) is 0. The quantitative estimate of drug-likeness (QED) is 0.562. The van der Waals surface area contributed by atoms with Crippen LogP contribution in [-0.4, -0.2) is 0 Å². The summed E-state index contributed by atoms with van der Waals surface area (Å²) in [6, 6.07) is 6.39. The average molecular weight is 323 g/mol. The van der Waals surface area contributed by atoms with Crippen LogP contribution in [0.5, 0.6) is 0 Å². The zero-order valence-electron chi connectivity index (χ0n) is 6.93. The Bertz CT molecular complexity index is 453. The summed E-state index contributed by atoms with van der Waals surface area (Å²) < 4.78 is 19.4. The molecule has 0 fully saturated rings. The minimum atomic E-state index is -0.370. The molecule has 14 heavy (non-hydrogen) atoms. The molecule has 1 heterocycles. The first-order chi connectivity index (χ1) is 6.68. The van der Waals surface area contributed by atoms with Crippen molar-refractivity contribution in [3.63, 3.8) is 0 Å². The van der Waals surface area contributed by atoms with Crippen molar-refractivity contribution in [1.82, 2.24) is 0 Å². The maximum Gasteiger partial charge on any atom is 0.136 e. The highest BCUT2D eigenvalue weighted by Crippen LogP contribution is 2.29. The molecule has 1 aromatic heterocycles. The summed E-state index contributed by atoms with van der Waals surface area (Å²) in [5, 5.41) is 0.415. The van der Waals surface area contributed by atoms with Crippen molar-refractivity contribution < 1.29 is 8.81 Å². The summed E-state index contributed by atoms with van der Waals surface area (Å²) in [4.78, 5) is 0. The second kappa shape index (κ2) is 3.90. The number of halogens is 3. The fourth-order valence-electron chi connectivity index (χ4n) is 1.14. The fourth-order valence-corrected chi connectivity index (χ4v) is 1.76. The lowest BCUT2D eigenvalue weighted by Gasteiger charge is -2.02. The lowest BCUT2D eigenvalue weighted by molar-refractivity contribution is 0.569. The van der Waals surface area contributed by atoms with Gasteiger partial charge in [-0.1, -0.05) is 11.6 Å². The van der Waals surface area contributed by atoms with E-state index in [0.29, 0.717) is 16.3 Å². The van der Waals surface area contributed by atoms with Crippen LogP contribution in [-0.2, 0) is 0 Å². The van der Waals surface area contributed by atoms with E-state index in [1.807, 2.05) is 0 Å². The first-order valence-corrected chi connectivity index (χ1v) is 5.32. The molecule has 1 aromatic carbocycles. The molecule has 0 saturated carbocycles. The number of rotatable bonds is 1. The van der Waals surface area contributed by atoms with Crippen LogP contribution in [0, 0.1) is 9.39 Å². The maximum atomic E-state index is 13.4. The Hall–Kier alpha value is -0.550. The Labute approximate surface area is 99.0 Å². The normalized spacial score (nSPS) is 10.5. The van der Waals surface area contributed by atoms with Gasteiger partial charge in [0, 0.05) is 3.57 Å². The van der Waals surface area contributed by atoms with E-state index in [4.69, 9.17) is 16.0 Å². The van der Waals surface area contributed by atoms with Gasteiger partial charge in [-0.2, -0.15) is 0 Å². The van der Waals surface area contributed by atoms with Crippen molar-refractivity contribution >= 4 is 34.2 Å². The third-order valence-electron chi connectivity index (χ3n) is 1.80. The highest BCUT2D eigenvalue weighted by Gasteiger charge is 2.10. The van der Waals surface area contributed by atoms with Gasteiger partial charge in [-0.15, -0.1) is 0 Å². The van der Waals surface area contributed by atoms with Gasteiger partial charge in [0.05, 0.1) is 16.8 Å². The van der Waals surface area contributed by atoms with Crippen LogP contribution in [0.2, 0.25) is 5.02 Å². The Kier molecular flexibility index (Phi) is 2.78. The molecule has 0 N–H and O–H groups in total. The third-order valence-corrected chi connectivity index (χ3v) is 3.32. The molecule has 0 aliphatic rings. The van der Waals surface area contributed by atoms with Gasteiger partial charge in [-0.25, -0.2) is 4.39 Å². The van der Waals surface area contributed by atoms with Crippen LogP contribution < -0.4 is 0 Å². The van der Waals surface area contributed by atoms with Gasteiger partial charge in [0.15, 0.2) is 0 Å². The predicted molar refractivity (Wildman–Crippen MR) is 61.8 cm³/mol. The van der Waals surface area contributed by atoms with Crippen LogP contribution in [0.3, 0.4) is 0 Å². The molecule has 0 aliphatic carbocycles. The highest BCUT2D eigenvalue weighted by atomic mass is 127. The highest BCUT2D eigenvalue weighted by molar-refractivity contribution is 14.1. The Morgan fingerprint density at radius 2 is 2.14 bits per heavy atom. The number of benzene rings is 1. The van der Waals surface area contributed by atoms with E-state index in [-0.39, 0.29) is 5.82 Å². The van der Waals surface area contributed by atoms with Crippen molar-refractivity contribution in [3.8, 4) is 11.3 Å². The first kappa shape index (κ1) is 9.98. The van der Waals surface area contributed by atoms with E-state index in [9.17, 15) is 4.39 Å². The van der Waals surface area contributed by atoms with Gasteiger partial charge in [-0.05, 0) is 46.9 Å². The van der Waals surface area contributed by atoms with Crippen LogP contribution in [0.4, 0.5) is 4.39 Å². The lowest BCUT2D eigenvalue weighted by Crippen LogP contribution is -1.85. The minimum Gasteiger partial charge on any atom is -0.464 e. The molecule has 0 aliphatic heterocycles. The lowest BCUT2D eigenvalue weighted by atomic mass is 10.1. The molecule has 4 heteroatoms. The third kappa shape index (κ3) is 1.79. The van der Waals surface area contributed by atoms with Gasteiger partial charge in [0.2, 0.25) is 0 Å². The molecule has 72 valence electrons. The minimum absolute atomic E-state index is 0.370. The van der Waals surface area contributed by atoms with Gasteiger partial charge < -0.3 is 4.42 Å². The number of furan rings is 1. The monoisotopic (exact) mass is 322 g/mol. The van der Waals surface area contributed by atoms with E-state index in [1.54, 1.807) is 18.2 Å². The summed E-state index contributed by atoms with van der Waals surface area (Å²) >= 11 is 7.82. The van der Waals surface area contributed by atoms with E-state index >= 15 is 0 Å². The van der Waals surface area contributed by atoms with Crippen molar-refractivity contribution in [1.29, 1.82) is 0 Å². The summed E-state index contributed by atoms with van der Waals surface area (Å²) in [6.07, 6.45) is 1.51. The van der Waals surface area contributed by atoms with Gasteiger partial charge >= 0.3 is 0 Å². The number of hydrogen-bond acceptors (Lipinski definition) is 1. The van der Waals surface area contributed by atoms with Gasteiger partial charge in [0.25, 0.3) is 0 Å². The molecule has 2 rings (SSSR count). The molecule has 2 aromatic rings. The maximum absolute atomic E-state index is 13.4. The Morgan fingerprint density at radius 3 is 2.79 bits per heavy atom. The van der Waals surface area contributed by atoms with Crippen molar-refractivity contribution in [2.45, 2.75) is 0 Å². The molecule has 0 amide bonds. The molecule has 0 atom stereocenters. The molecule has 0 spiro atoms. The summed E-state index contributed by atoms with van der Waals surface area (Å²) in [5.41, 5.74) is 0.434. The number of hydrogen-bond donors (Lipinski definition) is 0. The second-order valence-electron chi connectivity index (χ2n) is 2.72. The van der Waals surface area contributed by atoms with Crippen molar-refractivity contribution in [3.05, 3.63) is 44.9 Å². The van der Waals surface area contributed by atoms with Crippen LogP contribution in [0.1, 0.15) is 0 Å². The second-order valence-corrected chi connectivity index (χ2v) is 4.29. The molecular weight excluding hydrogens is 317 g/mol. The van der Waals surface area contributed by atoms with Crippen molar-refractivity contribution in [2.24, 2.45) is 0 Å². The van der Waals surface area contributed by atoms with E-state index < -0.39 is 0 Å². The topological polar surface area (TPSA) is 13.1 Å². The predicted octanol–water partition coefficient (Wildman–Crippen LogP) is 4.34. The van der Waals surface area contributed by atoms with Crippen LogP contribution in [0.25, 0.3) is 11.3 Å². The van der Waals surface area contributed by atoms with E-state index in [0.717, 1.165) is 3.57 Å². The van der Waals surface area contributed by atoms with Gasteiger partial charge in [0.1, 0.15) is 11.6 Å². The average Bonchev–Trinajstić information content (AvgIpc) is 2.64. The largest absolute Gasteiger partial charge is 0.464 e. The van der Waals surface area contributed by atoms with E-state index in [1.165, 1.54) is 12.3 Å².